The van der Waals surface area contributed by atoms with Gasteiger partial charge >= 0.3 is 0 Å². The highest BCUT2D eigenvalue weighted by Crippen LogP contribution is 2.22. The highest BCUT2D eigenvalue weighted by atomic mass is 32.3. The maximum Gasteiger partial charge on any atom is 0.280 e. The Morgan fingerprint density at radius 3 is 2.19 bits per heavy atom. The minimum Gasteiger partial charge on any atom is -0.396 e. The summed E-state index contributed by atoms with van der Waals surface area (Å²) in [6, 6.07) is 0. The van der Waals surface area contributed by atoms with Crippen LogP contribution in [0.5, 0.6) is 0 Å². The maximum atomic E-state index is 11.8. The van der Waals surface area contributed by atoms with Crippen LogP contribution in [0.1, 0.15) is 0 Å². The zero-order valence-electron chi connectivity index (χ0n) is 20.5. The average molecular weight is 710 g/mol. The van der Waals surface area contributed by atoms with E-state index in [-0.39, 0.29) is 11.8 Å². The van der Waals surface area contributed by atoms with Crippen LogP contribution in [0.15, 0.2) is 9.98 Å². The Morgan fingerprint density at radius 1 is 0.784 bits per heavy atom. The van der Waals surface area contributed by atoms with Gasteiger partial charge in [-0.1, -0.05) is 11.8 Å². The van der Waals surface area contributed by atoms with Crippen molar-refractivity contribution in [2.45, 2.75) is 0 Å². The number of carbonyl (C=O) groups excluding carboxylic acids is 1. The van der Waals surface area contributed by atoms with Crippen LogP contribution in [0, 0.1) is 0 Å². The molecule has 37 heavy (non-hydrogen) atoms. The summed E-state index contributed by atoms with van der Waals surface area (Å²) in [5.74, 6) is 3.84. The minimum atomic E-state index is 0.0151. The van der Waals surface area contributed by atoms with Gasteiger partial charge in [0.1, 0.15) is 12.5 Å². The van der Waals surface area contributed by atoms with Crippen LogP contribution >= 0.6 is 118 Å². The number of aliphatic imine (C=N–C) groups is 2. The molecule has 0 aliphatic rings. The molecule has 0 aromatic heterocycles. The Bertz CT molecular complexity index is 546. The lowest BCUT2D eigenvalue weighted by Crippen LogP contribution is -2.17. The van der Waals surface area contributed by atoms with E-state index in [2.05, 4.69) is 21.6 Å². The summed E-state index contributed by atoms with van der Waals surface area (Å²) in [6.07, 6.45) is 4.71. The summed E-state index contributed by atoms with van der Waals surface area (Å²) >= 11 is 16.7. The van der Waals surface area contributed by atoms with Gasteiger partial charge in [-0.3, -0.25) is 4.79 Å². The molecule has 0 heterocycles. The molecule has 218 valence electrons. The number of hydrogen-bond acceptors (Lipinski definition) is 18. The summed E-state index contributed by atoms with van der Waals surface area (Å²) in [4.78, 5) is 39.6. The number of aliphatic hydroxyl groups is 1. The Hall–Kier alpha value is 1.79. The van der Waals surface area contributed by atoms with Crippen molar-refractivity contribution in [1.82, 2.24) is 5.32 Å². The third-order valence-corrected chi connectivity index (χ3v) is 13.5. The van der Waals surface area contributed by atoms with Crippen molar-refractivity contribution in [2.24, 2.45) is 9.98 Å². The fraction of sp³-hybridized carbons (Fsp3) is 0.833. The Labute approximate surface area is 263 Å². The molecule has 0 unspecified atom stereocenters. The molecule has 0 bridgehead atoms. The first-order chi connectivity index (χ1) is 18.3. The zero-order chi connectivity index (χ0) is 26.9. The van der Waals surface area contributed by atoms with Gasteiger partial charge in [0, 0.05) is 42.0 Å². The van der Waals surface area contributed by atoms with E-state index in [4.69, 9.17) is 24.7 Å². The van der Waals surface area contributed by atoms with Gasteiger partial charge in [-0.15, -0.1) is 82.3 Å². The van der Waals surface area contributed by atoms with E-state index in [1.54, 1.807) is 106 Å². The topological polar surface area (TPSA) is 111 Å². The molecule has 2 N–H and O–H groups in total. The molecule has 0 fully saturated rings. The Morgan fingerprint density at radius 2 is 1.43 bits per heavy atom. The first kappa shape index (κ1) is 38.8. The zero-order valence-corrected chi connectivity index (χ0v) is 28.7. The monoisotopic (exact) mass is 709 g/mol. The third kappa shape index (κ3) is 35.8. The predicted octanol–water partition coefficient (Wildman–Crippen LogP) is 6.18. The molecule has 0 atom stereocenters. The van der Waals surface area contributed by atoms with E-state index in [1.807, 2.05) is 0 Å². The van der Waals surface area contributed by atoms with Crippen molar-refractivity contribution >= 4 is 136 Å². The predicted molar refractivity (Wildman–Crippen MR) is 182 cm³/mol. The van der Waals surface area contributed by atoms with Gasteiger partial charge in [-0.2, -0.15) is 33.3 Å². The van der Waals surface area contributed by atoms with Crippen LogP contribution in [0.4, 0.5) is 4.79 Å². The molecule has 0 aromatic rings. The average Bonchev–Trinajstić information content (AvgIpc) is 2.90. The summed E-state index contributed by atoms with van der Waals surface area (Å²) < 4.78 is 0. The minimum absolute atomic E-state index is 0.0151. The van der Waals surface area contributed by atoms with E-state index < -0.39 is 0 Å². The maximum absolute atomic E-state index is 11.8. The second-order valence-electron chi connectivity index (χ2n) is 5.60. The molecule has 19 heteroatoms. The van der Waals surface area contributed by atoms with E-state index in [1.165, 1.54) is 24.6 Å². The normalized spacial score (nSPS) is 11.5. The summed E-state index contributed by atoms with van der Waals surface area (Å²) in [5.41, 5.74) is 0. The van der Waals surface area contributed by atoms with Gasteiger partial charge < -0.3 is 20.2 Å². The van der Waals surface area contributed by atoms with Gasteiger partial charge in [-0.25, -0.2) is 9.98 Å². The van der Waals surface area contributed by atoms with Gasteiger partial charge in [0.15, 0.2) is 0 Å². The summed E-state index contributed by atoms with van der Waals surface area (Å²) in [5, 5.41) is 17.0. The van der Waals surface area contributed by atoms with Gasteiger partial charge in [0.05, 0.1) is 24.2 Å². The van der Waals surface area contributed by atoms with E-state index in [0.717, 1.165) is 36.3 Å². The van der Waals surface area contributed by atoms with Crippen LogP contribution < -0.4 is 5.32 Å². The van der Waals surface area contributed by atoms with Crippen LogP contribution in [0.2, 0.25) is 0 Å². The van der Waals surface area contributed by atoms with Crippen LogP contribution in [0.25, 0.3) is 0 Å². The molecule has 0 spiro atoms. The molecule has 0 saturated carbocycles. The third-order valence-electron chi connectivity index (χ3n) is 2.84. The molecular formula is C18H35N3O6S10. The number of amides is 1. The lowest BCUT2D eigenvalue weighted by atomic mass is 10.9. The van der Waals surface area contributed by atoms with Gasteiger partial charge in [0.25, 0.3) is 5.24 Å². The van der Waals surface area contributed by atoms with Crippen LogP contribution in [0.3, 0.4) is 0 Å². The van der Waals surface area contributed by atoms with Crippen LogP contribution in [-0.4, -0.2) is 108 Å². The lowest BCUT2D eigenvalue weighted by Gasteiger charge is -2.05. The van der Waals surface area contributed by atoms with Crippen molar-refractivity contribution in [1.29, 1.82) is 0 Å². The molecule has 9 nitrogen and oxygen atoms in total. The Balaban J connectivity index is 3.22. The molecule has 0 radical (unpaired) electrons. The molecule has 0 aliphatic heterocycles. The number of nitrogens with one attached hydrogen (secondary N) is 1. The SMILES string of the molecule is CSCSCN=COOCSCSCSCSC(=O)NCSCSCSCN=COOCCSCCO. The number of hydrogen-bond donors (Lipinski definition) is 2. The lowest BCUT2D eigenvalue weighted by molar-refractivity contribution is -0.210. The number of aliphatic hydroxyl groups excluding tert-OH is 1. The smallest absolute Gasteiger partial charge is 0.280 e. The van der Waals surface area contributed by atoms with Crippen molar-refractivity contribution < 1.29 is 29.5 Å². The fourth-order valence-corrected chi connectivity index (χ4v) is 10.1. The van der Waals surface area contributed by atoms with E-state index >= 15 is 0 Å². The molecule has 0 aromatic carbocycles. The number of rotatable bonds is 29. The Kier molecular flexibility index (Phi) is 37.5. The van der Waals surface area contributed by atoms with Gasteiger partial charge in [0.2, 0.25) is 12.8 Å². The second-order valence-corrected chi connectivity index (χ2v) is 17.6. The van der Waals surface area contributed by atoms with Crippen molar-refractivity contribution in [3.05, 3.63) is 0 Å². The van der Waals surface area contributed by atoms with E-state index in [0.29, 0.717) is 35.9 Å². The quantitative estimate of drug-likeness (QED) is 0.0230. The van der Waals surface area contributed by atoms with Crippen molar-refractivity contribution in [2.75, 3.05) is 85.1 Å². The van der Waals surface area contributed by atoms with Gasteiger partial charge in [-0.05, 0) is 6.26 Å². The fourth-order valence-electron chi connectivity index (χ4n) is 1.48. The highest BCUT2D eigenvalue weighted by Gasteiger charge is 2.02. The number of carbonyl (C=O) groups is 1. The first-order valence-electron chi connectivity index (χ1n) is 10.5. The number of nitrogens with zero attached hydrogens (tertiary/aromatic N) is 2. The standard InChI is InChI=1S/C18H35N3O6S10/c1-28-12-30-8-20-7-26-27-11-33-15-35-16-36-17-37-18(23)21-10-32-14-34-13-31-9-19-6-25-24-3-5-29-4-2-22/h6-7,22H,2-5,8-17H2,1H3,(H,21,23). The molecular weight excluding hydrogens is 675 g/mol. The van der Waals surface area contributed by atoms with Crippen LogP contribution in [-0.2, 0) is 19.6 Å². The second kappa shape index (κ2) is 35.8. The first-order valence-corrected chi connectivity index (χ1v) is 22.1. The van der Waals surface area contributed by atoms with Crippen molar-refractivity contribution in [3.8, 4) is 0 Å². The summed E-state index contributed by atoms with van der Waals surface area (Å²) in [6.45, 7) is 0.642. The molecule has 1 amide bonds. The number of thioether (sulfide) groups is 10. The highest BCUT2D eigenvalue weighted by molar-refractivity contribution is 8.29. The largest absolute Gasteiger partial charge is 0.396 e. The van der Waals surface area contributed by atoms with Crippen molar-refractivity contribution in [3.63, 3.8) is 0 Å². The summed E-state index contributed by atoms with van der Waals surface area (Å²) in [7, 11) is 0. The molecule has 0 aliphatic carbocycles. The molecule has 0 saturated heterocycles. The molecule has 0 rings (SSSR count). The van der Waals surface area contributed by atoms with E-state index in [9.17, 15) is 4.79 Å².